The molecule has 11 nitrogen and oxygen atoms in total. The minimum atomic E-state index is -5.23. The first-order valence-corrected chi connectivity index (χ1v) is 9.03. The van der Waals surface area contributed by atoms with Crippen molar-refractivity contribution in [3.63, 3.8) is 0 Å². The van der Waals surface area contributed by atoms with Gasteiger partial charge in [0.15, 0.2) is 0 Å². The molecule has 2 aromatic rings. The fourth-order valence-electron chi connectivity index (χ4n) is 1.53. The molecular formula is C10H11AsN6O5. The van der Waals surface area contributed by atoms with Crippen molar-refractivity contribution in [1.29, 1.82) is 0 Å². The first-order valence-electron chi connectivity index (χ1n) is 5.64. The molecule has 0 spiro atoms. The second-order valence-electron chi connectivity index (χ2n) is 4.10. The van der Waals surface area contributed by atoms with Gasteiger partial charge in [0.25, 0.3) is 0 Å². The van der Waals surface area contributed by atoms with E-state index in [-0.39, 0.29) is 23.1 Å². The molecule has 116 valence electrons. The number of nitrogens with two attached hydrogens (primary N) is 2. The Balaban J connectivity index is 2.38. The Morgan fingerprint density at radius 3 is 2.45 bits per heavy atom. The van der Waals surface area contributed by atoms with E-state index in [1.165, 1.54) is 6.07 Å². The molecular weight excluding hydrogens is 359 g/mol. The molecule has 0 saturated heterocycles. The second kappa shape index (κ2) is 5.64. The molecule has 2 rings (SSSR count). The summed E-state index contributed by atoms with van der Waals surface area (Å²) >= 11 is -5.23. The van der Waals surface area contributed by atoms with Crippen LogP contribution in [0, 0.1) is 0 Å². The number of hydrogen-bond acceptors (Lipinski definition) is 8. The van der Waals surface area contributed by atoms with Crippen LogP contribution in [-0.4, -0.2) is 37.4 Å². The van der Waals surface area contributed by atoms with E-state index in [4.69, 9.17) is 19.7 Å². The van der Waals surface area contributed by atoms with Crippen molar-refractivity contribution < 1.29 is 17.0 Å². The van der Waals surface area contributed by atoms with Crippen molar-refractivity contribution in [3.05, 3.63) is 28.6 Å². The number of phenolic OH excluding ortho intramolecular Hbond substituents is 1. The van der Waals surface area contributed by atoms with E-state index in [0.29, 0.717) is 0 Å². The predicted octanol–water partition coefficient (Wildman–Crippen LogP) is -1.38. The number of hydrogen-bond donors (Lipinski definition) is 6. The Bertz CT molecular complexity index is 857. The SMILES string of the molecule is Nc1nc(N)c(N=Nc2ccc([As](=O)(O)O)c(O)c2)c(=O)[nH]1. The van der Waals surface area contributed by atoms with E-state index in [0.717, 1.165) is 12.1 Å². The second-order valence-corrected chi connectivity index (χ2v) is 7.40. The van der Waals surface area contributed by atoms with Crippen LogP contribution in [-0.2, 0) is 3.74 Å². The summed E-state index contributed by atoms with van der Waals surface area (Å²) in [6, 6.07) is 3.24. The van der Waals surface area contributed by atoms with Crippen molar-refractivity contribution in [2.45, 2.75) is 0 Å². The van der Waals surface area contributed by atoms with Gasteiger partial charge in [-0.2, -0.15) is 0 Å². The number of benzene rings is 1. The van der Waals surface area contributed by atoms with Gasteiger partial charge in [-0.15, -0.1) is 0 Å². The fourth-order valence-corrected chi connectivity index (χ4v) is 2.85. The van der Waals surface area contributed by atoms with Gasteiger partial charge < -0.3 is 0 Å². The monoisotopic (exact) mass is 370 g/mol. The maximum atomic E-state index is 11.6. The van der Waals surface area contributed by atoms with Gasteiger partial charge in [0, 0.05) is 0 Å². The fraction of sp³-hybridized carbons (Fsp3) is 0. The molecule has 0 unspecified atom stereocenters. The predicted molar refractivity (Wildman–Crippen MR) is 76.5 cm³/mol. The number of nitrogens with zero attached hydrogens (tertiary/aromatic N) is 3. The van der Waals surface area contributed by atoms with E-state index in [2.05, 4.69) is 20.2 Å². The average molecular weight is 370 g/mol. The number of aromatic nitrogens is 2. The zero-order valence-corrected chi connectivity index (χ0v) is 12.7. The van der Waals surface area contributed by atoms with Crippen LogP contribution in [0.5, 0.6) is 5.75 Å². The summed E-state index contributed by atoms with van der Waals surface area (Å²) in [5.74, 6) is -1.03. The van der Waals surface area contributed by atoms with Gasteiger partial charge in [-0.3, -0.25) is 0 Å². The van der Waals surface area contributed by atoms with E-state index in [9.17, 15) is 13.6 Å². The molecule has 0 amide bonds. The number of nitrogen functional groups attached to an aromatic ring is 2. The van der Waals surface area contributed by atoms with Crippen molar-refractivity contribution >= 4 is 41.7 Å². The van der Waals surface area contributed by atoms with E-state index < -0.39 is 29.8 Å². The molecule has 0 radical (unpaired) electrons. The summed E-state index contributed by atoms with van der Waals surface area (Å²) < 4.78 is 28.7. The summed E-state index contributed by atoms with van der Waals surface area (Å²) in [6.45, 7) is 0. The third-order valence-electron chi connectivity index (χ3n) is 2.48. The Morgan fingerprint density at radius 2 is 1.91 bits per heavy atom. The normalized spacial score (nSPS) is 11.9. The number of azo groups is 1. The molecule has 12 heteroatoms. The van der Waals surface area contributed by atoms with Crippen LogP contribution in [0.1, 0.15) is 0 Å². The molecule has 0 aliphatic rings. The van der Waals surface area contributed by atoms with E-state index >= 15 is 0 Å². The standard InChI is InChI=1S/C10H11AsN6O5/c12-8-7(9(19)15-10(13)14-8)17-16-4-1-2-5(6(18)3-4)11(20,21)22/h1-3,18H,(H2,20,21,22)(H5,12,13,14,15,19). The summed E-state index contributed by atoms with van der Waals surface area (Å²) in [7, 11) is 0. The molecule has 8 N–H and O–H groups in total. The summed E-state index contributed by atoms with van der Waals surface area (Å²) in [5.41, 5.74) is 9.85. The van der Waals surface area contributed by atoms with Gasteiger partial charge in [-0.05, 0) is 0 Å². The molecule has 0 atom stereocenters. The Labute approximate surface area is 125 Å². The van der Waals surface area contributed by atoms with Gasteiger partial charge in [0.2, 0.25) is 0 Å². The molecule has 1 heterocycles. The molecule has 0 aliphatic heterocycles. The zero-order chi connectivity index (χ0) is 16.5. The van der Waals surface area contributed by atoms with Crippen molar-refractivity contribution in [3.8, 4) is 5.75 Å². The Hall–Kier alpha value is -2.62. The molecule has 1 aromatic heterocycles. The number of aromatic hydroxyl groups is 1. The van der Waals surface area contributed by atoms with Crippen LogP contribution >= 0.6 is 0 Å². The van der Waals surface area contributed by atoms with Gasteiger partial charge in [-0.1, -0.05) is 0 Å². The number of phenols is 1. The van der Waals surface area contributed by atoms with Gasteiger partial charge in [0.05, 0.1) is 0 Å². The molecule has 0 fully saturated rings. The molecule has 0 bridgehead atoms. The van der Waals surface area contributed by atoms with Crippen molar-refractivity contribution in [1.82, 2.24) is 9.97 Å². The zero-order valence-electron chi connectivity index (χ0n) is 10.8. The summed E-state index contributed by atoms with van der Waals surface area (Å²) in [5, 5.41) is 16.8. The maximum absolute atomic E-state index is 11.6. The van der Waals surface area contributed by atoms with Crippen LogP contribution in [0.4, 0.5) is 23.1 Å². The topological polar surface area (TPSA) is 200 Å². The van der Waals surface area contributed by atoms with Crippen molar-refractivity contribution in [2.75, 3.05) is 11.5 Å². The number of nitrogens with one attached hydrogen (secondary N) is 1. The Kier molecular flexibility index (Phi) is 4.04. The van der Waals surface area contributed by atoms with Gasteiger partial charge in [-0.25, -0.2) is 0 Å². The first-order chi connectivity index (χ1) is 10.2. The molecule has 22 heavy (non-hydrogen) atoms. The third-order valence-corrected chi connectivity index (χ3v) is 4.59. The van der Waals surface area contributed by atoms with Gasteiger partial charge >= 0.3 is 125 Å². The molecule has 1 aromatic carbocycles. The molecule has 0 saturated carbocycles. The van der Waals surface area contributed by atoms with Crippen LogP contribution in [0.2, 0.25) is 0 Å². The Morgan fingerprint density at radius 1 is 1.23 bits per heavy atom. The van der Waals surface area contributed by atoms with Crippen LogP contribution in [0.3, 0.4) is 0 Å². The van der Waals surface area contributed by atoms with E-state index in [1.807, 2.05) is 0 Å². The van der Waals surface area contributed by atoms with E-state index in [1.54, 1.807) is 0 Å². The van der Waals surface area contributed by atoms with Crippen LogP contribution in [0.25, 0.3) is 0 Å². The van der Waals surface area contributed by atoms with Crippen molar-refractivity contribution in [2.24, 2.45) is 10.2 Å². The number of rotatable bonds is 3. The number of aromatic amines is 1. The minimum absolute atomic E-state index is 0.0563. The average Bonchev–Trinajstić information content (AvgIpc) is 2.35. The summed E-state index contributed by atoms with van der Waals surface area (Å²) in [6.07, 6.45) is 0. The first kappa shape index (κ1) is 15.8. The van der Waals surface area contributed by atoms with Gasteiger partial charge in [0.1, 0.15) is 0 Å². The van der Waals surface area contributed by atoms with Crippen LogP contribution < -0.4 is 21.4 Å². The number of H-pyrrole nitrogens is 1. The van der Waals surface area contributed by atoms with Crippen LogP contribution in [0.15, 0.2) is 33.2 Å². The quantitative estimate of drug-likeness (QED) is 0.280. The molecule has 0 aliphatic carbocycles. The number of anilines is 2. The summed E-state index contributed by atoms with van der Waals surface area (Å²) in [4.78, 5) is 17.4. The third kappa shape index (κ3) is 3.34.